The maximum Gasteiger partial charge on any atom is 0.327 e. The first kappa shape index (κ1) is 11.9. The minimum atomic E-state index is -1.02. The van der Waals surface area contributed by atoms with Crippen LogP contribution < -0.4 is 0 Å². The van der Waals surface area contributed by atoms with Crippen LogP contribution >= 0.6 is 0 Å². The van der Waals surface area contributed by atoms with Crippen LogP contribution in [0.5, 0.6) is 0 Å². The highest BCUT2D eigenvalue weighted by Crippen LogP contribution is 2.21. The molecule has 0 heterocycles. The summed E-state index contributed by atoms with van der Waals surface area (Å²) in [5.74, 6) is -1.02. The van der Waals surface area contributed by atoms with Crippen molar-refractivity contribution < 1.29 is 14.8 Å². The van der Waals surface area contributed by atoms with Crippen LogP contribution in [-0.2, 0) is 11.2 Å². The van der Waals surface area contributed by atoms with Crippen LogP contribution in [0, 0.1) is 17.0 Å². The van der Waals surface area contributed by atoms with Gasteiger partial charge in [-0.1, -0.05) is 18.2 Å². The smallest absolute Gasteiger partial charge is 0.327 e. The molecule has 1 N–H and O–H groups in total. The van der Waals surface area contributed by atoms with E-state index in [9.17, 15) is 14.9 Å². The van der Waals surface area contributed by atoms with Gasteiger partial charge >= 0.3 is 5.97 Å². The molecule has 0 fully saturated rings. The van der Waals surface area contributed by atoms with E-state index in [1.807, 2.05) is 0 Å². The second-order valence-electron chi connectivity index (χ2n) is 3.26. The summed E-state index contributed by atoms with van der Waals surface area (Å²) >= 11 is 0. The number of hydrogen-bond acceptors (Lipinski definition) is 3. The van der Waals surface area contributed by atoms with Gasteiger partial charge in [0.05, 0.1) is 4.92 Å². The zero-order valence-electron chi connectivity index (χ0n) is 8.71. The Morgan fingerprint density at radius 1 is 1.56 bits per heavy atom. The monoisotopic (exact) mass is 221 g/mol. The van der Waals surface area contributed by atoms with Crippen molar-refractivity contribution >= 4 is 11.7 Å². The molecule has 0 atom stereocenters. The number of nitrogens with zero attached hydrogens (tertiary/aromatic N) is 1. The molecule has 0 bridgehead atoms. The lowest BCUT2D eigenvalue weighted by atomic mass is 10.0. The summed E-state index contributed by atoms with van der Waals surface area (Å²) in [5.41, 5.74) is 1.38. The molecule has 1 aromatic rings. The van der Waals surface area contributed by atoms with Crippen LogP contribution in [0.15, 0.2) is 30.4 Å². The predicted octanol–water partition coefficient (Wildman–Crippen LogP) is 2.09. The topological polar surface area (TPSA) is 80.4 Å². The van der Waals surface area contributed by atoms with E-state index in [1.165, 1.54) is 12.1 Å². The minimum Gasteiger partial charge on any atom is -0.478 e. The van der Waals surface area contributed by atoms with Crippen LogP contribution in [-0.4, -0.2) is 16.0 Å². The zero-order valence-corrected chi connectivity index (χ0v) is 8.71. The standard InChI is InChI=1S/C11H11NO4/c1-8-9(5-3-7-11(13)14)4-2-6-10(8)12(15)16/h2-4,6-7H,5H2,1H3,(H,13,14)/b7-3+. The van der Waals surface area contributed by atoms with Crippen molar-refractivity contribution in [2.24, 2.45) is 0 Å². The van der Waals surface area contributed by atoms with E-state index in [0.717, 1.165) is 11.6 Å². The zero-order chi connectivity index (χ0) is 12.1. The van der Waals surface area contributed by atoms with E-state index >= 15 is 0 Å². The van der Waals surface area contributed by atoms with E-state index in [4.69, 9.17) is 5.11 Å². The molecule has 0 amide bonds. The summed E-state index contributed by atoms with van der Waals surface area (Å²) in [6.45, 7) is 1.65. The van der Waals surface area contributed by atoms with Crippen molar-refractivity contribution in [3.8, 4) is 0 Å². The normalized spacial score (nSPS) is 10.6. The number of aliphatic carboxylic acids is 1. The van der Waals surface area contributed by atoms with Crippen molar-refractivity contribution in [1.82, 2.24) is 0 Å². The minimum absolute atomic E-state index is 0.0567. The number of rotatable bonds is 4. The first-order valence-corrected chi connectivity index (χ1v) is 4.64. The van der Waals surface area contributed by atoms with Crippen molar-refractivity contribution in [2.75, 3.05) is 0 Å². The predicted molar refractivity (Wildman–Crippen MR) is 58.3 cm³/mol. The molecular weight excluding hydrogens is 210 g/mol. The lowest BCUT2D eigenvalue weighted by Gasteiger charge is -2.02. The SMILES string of the molecule is Cc1c(C/C=C/C(=O)O)cccc1[N+](=O)[O-]. The summed E-state index contributed by atoms with van der Waals surface area (Å²) in [4.78, 5) is 20.5. The van der Waals surface area contributed by atoms with Gasteiger partial charge in [-0.25, -0.2) is 4.79 Å². The van der Waals surface area contributed by atoms with Crippen molar-refractivity contribution in [2.45, 2.75) is 13.3 Å². The number of allylic oxidation sites excluding steroid dienone is 1. The third kappa shape index (κ3) is 2.91. The molecule has 84 valence electrons. The van der Waals surface area contributed by atoms with Crippen molar-refractivity contribution in [3.05, 3.63) is 51.6 Å². The highest BCUT2D eigenvalue weighted by atomic mass is 16.6. The Labute approximate surface area is 92.2 Å². The first-order valence-electron chi connectivity index (χ1n) is 4.64. The van der Waals surface area contributed by atoms with E-state index in [0.29, 0.717) is 12.0 Å². The second-order valence-corrected chi connectivity index (χ2v) is 3.26. The molecular formula is C11H11NO4. The van der Waals surface area contributed by atoms with E-state index < -0.39 is 10.9 Å². The van der Waals surface area contributed by atoms with Gasteiger partial charge in [0.1, 0.15) is 0 Å². The summed E-state index contributed by atoms with van der Waals surface area (Å²) in [7, 11) is 0. The fraction of sp³-hybridized carbons (Fsp3) is 0.182. The third-order valence-electron chi connectivity index (χ3n) is 2.21. The molecule has 5 heteroatoms. The number of nitro benzene ring substituents is 1. The molecule has 0 saturated carbocycles. The molecule has 5 nitrogen and oxygen atoms in total. The lowest BCUT2D eigenvalue weighted by Crippen LogP contribution is -1.96. The van der Waals surface area contributed by atoms with Gasteiger partial charge in [-0.2, -0.15) is 0 Å². The Morgan fingerprint density at radius 3 is 2.81 bits per heavy atom. The summed E-state index contributed by atoms with van der Waals surface area (Å²) < 4.78 is 0. The Balaban J connectivity index is 2.93. The van der Waals surface area contributed by atoms with Crippen LogP contribution in [0.25, 0.3) is 0 Å². The van der Waals surface area contributed by atoms with E-state index in [1.54, 1.807) is 19.1 Å². The van der Waals surface area contributed by atoms with Crippen LogP contribution in [0.3, 0.4) is 0 Å². The summed E-state index contributed by atoms with van der Waals surface area (Å²) in [6, 6.07) is 4.77. The average molecular weight is 221 g/mol. The molecule has 0 spiro atoms. The van der Waals surface area contributed by atoms with Crippen LogP contribution in [0.1, 0.15) is 11.1 Å². The highest BCUT2D eigenvalue weighted by Gasteiger charge is 2.11. The van der Waals surface area contributed by atoms with E-state index in [-0.39, 0.29) is 5.69 Å². The van der Waals surface area contributed by atoms with Gasteiger partial charge in [0.15, 0.2) is 0 Å². The van der Waals surface area contributed by atoms with Gasteiger partial charge in [-0.3, -0.25) is 10.1 Å². The van der Waals surface area contributed by atoms with Gasteiger partial charge in [-0.05, 0) is 18.9 Å². The number of benzene rings is 1. The summed E-state index contributed by atoms with van der Waals surface area (Å²) in [5, 5.41) is 19.1. The molecule has 0 radical (unpaired) electrons. The van der Waals surface area contributed by atoms with Crippen LogP contribution in [0.4, 0.5) is 5.69 Å². The molecule has 1 rings (SSSR count). The number of carboxylic acids is 1. The van der Waals surface area contributed by atoms with Gasteiger partial charge < -0.3 is 5.11 Å². The third-order valence-corrected chi connectivity index (χ3v) is 2.21. The van der Waals surface area contributed by atoms with Gasteiger partial charge in [-0.15, -0.1) is 0 Å². The Kier molecular flexibility index (Phi) is 3.77. The molecule has 0 unspecified atom stereocenters. The maximum absolute atomic E-state index is 10.6. The fourth-order valence-corrected chi connectivity index (χ4v) is 1.38. The number of nitro groups is 1. The summed E-state index contributed by atoms with van der Waals surface area (Å²) in [6.07, 6.45) is 2.87. The molecule has 0 aromatic heterocycles. The van der Waals surface area contributed by atoms with Gasteiger partial charge in [0, 0.05) is 17.7 Å². The molecule has 1 aromatic carbocycles. The molecule has 0 saturated heterocycles. The second kappa shape index (κ2) is 5.06. The first-order chi connectivity index (χ1) is 7.52. The average Bonchev–Trinajstić information content (AvgIpc) is 2.19. The fourth-order valence-electron chi connectivity index (χ4n) is 1.38. The number of carboxylic acid groups (broad SMARTS) is 1. The number of carbonyl (C=O) groups is 1. The molecule has 0 aliphatic heterocycles. The van der Waals surface area contributed by atoms with Crippen molar-refractivity contribution in [3.63, 3.8) is 0 Å². The molecule has 0 aliphatic rings. The highest BCUT2D eigenvalue weighted by molar-refractivity contribution is 5.79. The largest absolute Gasteiger partial charge is 0.478 e. The van der Waals surface area contributed by atoms with Gasteiger partial charge in [0.25, 0.3) is 5.69 Å². The number of hydrogen-bond donors (Lipinski definition) is 1. The van der Waals surface area contributed by atoms with Crippen molar-refractivity contribution in [1.29, 1.82) is 0 Å². The van der Waals surface area contributed by atoms with Crippen LogP contribution in [0.2, 0.25) is 0 Å². The Morgan fingerprint density at radius 2 is 2.25 bits per heavy atom. The molecule has 16 heavy (non-hydrogen) atoms. The Hall–Kier alpha value is -2.17. The maximum atomic E-state index is 10.6. The van der Waals surface area contributed by atoms with Gasteiger partial charge in [0.2, 0.25) is 0 Å². The molecule has 0 aliphatic carbocycles. The van der Waals surface area contributed by atoms with E-state index in [2.05, 4.69) is 0 Å². The Bertz CT molecular complexity index is 451. The lowest BCUT2D eigenvalue weighted by molar-refractivity contribution is -0.385. The quantitative estimate of drug-likeness (QED) is 0.479.